The van der Waals surface area contributed by atoms with Gasteiger partial charge in [-0.3, -0.25) is 5.32 Å². The molecule has 110 valence electrons. The summed E-state index contributed by atoms with van der Waals surface area (Å²) in [5.41, 5.74) is 0. The fourth-order valence-electron chi connectivity index (χ4n) is 1.71. The average molecular weight is 302 g/mol. The van der Waals surface area contributed by atoms with Crippen molar-refractivity contribution in [2.45, 2.75) is 5.16 Å². The Labute approximate surface area is 115 Å². The summed E-state index contributed by atoms with van der Waals surface area (Å²) < 4.78 is 28.3. The minimum Gasteiger partial charge on any atom is -0.465 e. The molecule has 0 aromatic carbocycles. The first kappa shape index (κ1) is 14.5. The van der Waals surface area contributed by atoms with Crippen LogP contribution in [0.3, 0.4) is 0 Å². The van der Waals surface area contributed by atoms with Crippen LogP contribution in [-0.2, 0) is 14.6 Å². The molecule has 1 aromatic heterocycles. The Morgan fingerprint density at radius 2 is 2.05 bits per heavy atom. The lowest BCUT2D eigenvalue weighted by Gasteiger charge is -2.28. The highest BCUT2D eigenvalue weighted by molar-refractivity contribution is 7.90. The van der Waals surface area contributed by atoms with E-state index >= 15 is 0 Å². The zero-order valence-electron chi connectivity index (χ0n) is 10.7. The van der Waals surface area contributed by atoms with E-state index in [2.05, 4.69) is 9.97 Å². The van der Waals surface area contributed by atoms with Gasteiger partial charge in [0.2, 0.25) is 9.84 Å². The van der Waals surface area contributed by atoms with Crippen LogP contribution >= 0.6 is 0 Å². The first-order chi connectivity index (χ1) is 9.36. The molecule has 0 saturated carbocycles. The molecule has 2 N–H and O–H groups in total. The number of nitrogens with one attached hydrogen (secondary N) is 1. The lowest BCUT2D eigenvalue weighted by Crippen LogP contribution is -2.37. The number of aromatic nitrogens is 2. The number of nitrogens with zero attached hydrogens (tertiary/aromatic N) is 3. The highest BCUT2D eigenvalue weighted by Gasteiger charge is 2.19. The van der Waals surface area contributed by atoms with Gasteiger partial charge in [0, 0.05) is 25.4 Å². The highest BCUT2D eigenvalue weighted by atomic mass is 32.2. The third-order valence-electron chi connectivity index (χ3n) is 2.59. The van der Waals surface area contributed by atoms with Gasteiger partial charge >= 0.3 is 6.09 Å². The first-order valence-electron chi connectivity index (χ1n) is 5.78. The van der Waals surface area contributed by atoms with Gasteiger partial charge in [-0.1, -0.05) is 0 Å². The summed E-state index contributed by atoms with van der Waals surface area (Å²) in [4.78, 5) is 20.1. The SMILES string of the molecule is CS(=O)(=O)c1nc(NC(=O)O)cc(N2CCOCC2)n1. The minimum absolute atomic E-state index is 0.0746. The Morgan fingerprint density at radius 1 is 1.40 bits per heavy atom. The third kappa shape index (κ3) is 3.54. The van der Waals surface area contributed by atoms with Crippen molar-refractivity contribution in [3.05, 3.63) is 6.07 Å². The van der Waals surface area contributed by atoms with Crippen molar-refractivity contribution in [3.63, 3.8) is 0 Å². The van der Waals surface area contributed by atoms with Gasteiger partial charge in [0.05, 0.1) is 13.2 Å². The van der Waals surface area contributed by atoms with E-state index < -0.39 is 21.1 Å². The lowest BCUT2D eigenvalue weighted by atomic mass is 10.4. The standard InChI is InChI=1S/C10H14N4O5S/c1-20(17,18)9-11-7(12-10(15)16)6-8(13-9)14-2-4-19-5-3-14/h6H,2-5H2,1H3,(H,15,16)(H,11,12,13). The summed E-state index contributed by atoms with van der Waals surface area (Å²) in [5, 5.41) is 10.3. The quantitative estimate of drug-likeness (QED) is 0.736. The molecule has 0 atom stereocenters. The van der Waals surface area contributed by atoms with Crippen molar-refractivity contribution in [3.8, 4) is 0 Å². The first-order valence-corrected chi connectivity index (χ1v) is 7.67. The lowest BCUT2D eigenvalue weighted by molar-refractivity contribution is 0.122. The molecule has 1 aliphatic rings. The van der Waals surface area contributed by atoms with Crippen LogP contribution in [0, 0.1) is 0 Å². The summed E-state index contributed by atoms with van der Waals surface area (Å²) in [6.45, 7) is 2.10. The molecule has 2 rings (SSSR count). The fourth-order valence-corrected chi connectivity index (χ4v) is 2.23. The van der Waals surface area contributed by atoms with Gasteiger partial charge in [-0.2, -0.15) is 0 Å². The Kier molecular flexibility index (Phi) is 4.04. The van der Waals surface area contributed by atoms with Gasteiger partial charge in [0.15, 0.2) is 0 Å². The topological polar surface area (TPSA) is 122 Å². The summed E-state index contributed by atoms with van der Waals surface area (Å²) in [7, 11) is -3.64. The summed E-state index contributed by atoms with van der Waals surface area (Å²) >= 11 is 0. The molecule has 1 aliphatic heterocycles. The fraction of sp³-hybridized carbons (Fsp3) is 0.500. The van der Waals surface area contributed by atoms with Crippen LogP contribution in [0.5, 0.6) is 0 Å². The van der Waals surface area contributed by atoms with Crippen molar-refractivity contribution in [1.82, 2.24) is 9.97 Å². The molecule has 1 fully saturated rings. The number of ether oxygens (including phenoxy) is 1. The number of morpholine rings is 1. The number of amides is 1. The van der Waals surface area contributed by atoms with Gasteiger partial charge in [-0.05, 0) is 0 Å². The number of rotatable bonds is 3. The number of anilines is 2. The molecule has 2 heterocycles. The van der Waals surface area contributed by atoms with Gasteiger partial charge < -0.3 is 14.7 Å². The molecule has 0 bridgehead atoms. The second-order valence-corrected chi connectivity index (χ2v) is 6.11. The predicted octanol–water partition coefficient (Wildman–Crippen LogP) is -0.193. The molecular formula is C10H14N4O5S. The van der Waals surface area contributed by atoms with E-state index in [0.717, 1.165) is 6.26 Å². The Morgan fingerprint density at radius 3 is 2.60 bits per heavy atom. The summed E-state index contributed by atoms with van der Waals surface area (Å²) in [6.07, 6.45) is -0.355. The normalized spacial score (nSPS) is 15.9. The largest absolute Gasteiger partial charge is 0.465 e. The Hall–Kier alpha value is -1.94. The summed E-state index contributed by atoms with van der Waals surface area (Å²) in [5.74, 6) is 0.280. The Balaban J connectivity index is 2.41. The van der Waals surface area contributed by atoms with E-state index in [1.807, 2.05) is 10.2 Å². The van der Waals surface area contributed by atoms with Gasteiger partial charge in [0.1, 0.15) is 11.6 Å². The second kappa shape index (κ2) is 5.59. The maximum atomic E-state index is 11.6. The third-order valence-corrected chi connectivity index (χ3v) is 3.44. The molecule has 1 saturated heterocycles. The van der Waals surface area contributed by atoms with Gasteiger partial charge in [-0.15, -0.1) is 0 Å². The van der Waals surface area contributed by atoms with Crippen LogP contribution in [0.2, 0.25) is 0 Å². The van der Waals surface area contributed by atoms with E-state index in [1.165, 1.54) is 6.07 Å². The minimum atomic E-state index is -3.64. The smallest absolute Gasteiger partial charge is 0.410 e. The summed E-state index contributed by atoms with van der Waals surface area (Å²) in [6, 6.07) is 1.40. The molecule has 0 unspecified atom stereocenters. The van der Waals surface area contributed by atoms with Crippen LogP contribution in [-0.4, -0.2) is 62.1 Å². The monoisotopic (exact) mass is 302 g/mol. The second-order valence-electron chi connectivity index (χ2n) is 4.20. The molecule has 9 nitrogen and oxygen atoms in total. The highest BCUT2D eigenvalue weighted by Crippen LogP contribution is 2.19. The molecule has 0 aliphatic carbocycles. The molecular weight excluding hydrogens is 288 g/mol. The van der Waals surface area contributed by atoms with E-state index in [1.54, 1.807) is 0 Å². The maximum Gasteiger partial charge on any atom is 0.410 e. The van der Waals surface area contributed by atoms with Crippen LogP contribution in [0.4, 0.5) is 16.4 Å². The number of sulfone groups is 1. The molecule has 0 radical (unpaired) electrons. The van der Waals surface area contributed by atoms with Crippen LogP contribution in [0.15, 0.2) is 11.2 Å². The van der Waals surface area contributed by atoms with E-state index in [0.29, 0.717) is 32.1 Å². The van der Waals surface area contributed by atoms with Crippen molar-refractivity contribution in [1.29, 1.82) is 0 Å². The van der Waals surface area contributed by atoms with Gasteiger partial charge in [0.25, 0.3) is 5.16 Å². The van der Waals surface area contributed by atoms with E-state index in [-0.39, 0.29) is 5.82 Å². The van der Waals surface area contributed by atoms with Gasteiger partial charge in [-0.25, -0.2) is 23.2 Å². The van der Waals surface area contributed by atoms with Crippen LogP contribution in [0.1, 0.15) is 0 Å². The van der Waals surface area contributed by atoms with Crippen molar-refractivity contribution >= 4 is 27.6 Å². The predicted molar refractivity (Wildman–Crippen MR) is 69.8 cm³/mol. The maximum absolute atomic E-state index is 11.6. The molecule has 20 heavy (non-hydrogen) atoms. The zero-order valence-corrected chi connectivity index (χ0v) is 11.6. The number of carbonyl (C=O) groups is 1. The van der Waals surface area contributed by atoms with Crippen molar-refractivity contribution in [2.24, 2.45) is 0 Å². The zero-order chi connectivity index (χ0) is 14.8. The number of hydrogen-bond acceptors (Lipinski definition) is 7. The molecule has 1 amide bonds. The average Bonchev–Trinajstić information content (AvgIpc) is 2.37. The number of carboxylic acid groups (broad SMARTS) is 1. The molecule has 0 spiro atoms. The van der Waals surface area contributed by atoms with Crippen molar-refractivity contribution < 1.29 is 23.1 Å². The van der Waals surface area contributed by atoms with Crippen LogP contribution in [0.25, 0.3) is 0 Å². The molecule has 1 aromatic rings. The molecule has 10 heteroatoms. The van der Waals surface area contributed by atoms with Crippen molar-refractivity contribution in [2.75, 3.05) is 42.8 Å². The van der Waals surface area contributed by atoms with E-state index in [9.17, 15) is 13.2 Å². The van der Waals surface area contributed by atoms with E-state index in [4.69, 9.17) is 9.84 Å². The van der Waals surface area contributed by atoms with Crippen LogP contribution < -0.4 is 10.2 Å². The Bertz CT molecular complexity index is 612. The number of hydrogen-bond donors (Lipinski definition) is 2.